The molecule has 0 saturated carbocycles. The molecular formula is C22H23NO5. The van der Waals surface area contributed by atoms with E-state index in [-0.39, 0.29) is 11.6 Å². The quantitative estimate of drug-likeness (QED) is 0.506. The van der Waals surface area contributed by atoms with Gasteiger partial charge in [-0.3, -0.25) is 0 Å². The van der Waals surface area contributed by atoms with Crippen molar-refractivity contribution in [1.82, 2.24) is 0 Å². The first-order chi connectivity index (χ1) is 13.6. The lowest BCUT2D eigenvalue weighted by atomic mass is 10.1. The largest absolute Gasteiger partial charge is 0.494 e. The zero-order valence-corrected chi connectivity index (χ0v) is 16.2. The van der Waals surface area contributed by atoms with Gasteiger partial charge >= 0.3 is 5.97 Å². The van der Waals surface area contributed by atoms with Gasteiger partial charge in [-0.15, -0.1) is 0 Å². The molecule has 0 atom stereocenters. The monoisotopic (exact) mass is 381 g/mol. The average Bonchev–Trinajstić information content (AvgIpc) is 3.08. The molecule has 146 valence electrons. The molecule has 2 aromatic rings. The molecule has 0 fully saturated rings. The van der Waals surface area contributed by atoms with Gasteiger partial charge in [0.25, 0.3) is 0 Å². The SMILES string of the molecule is CCCOc1ccc(C2=N/C(=C/c3ccc(OCC)c(OC)c3)C(=O)O2)cc1. The zero-order valence-electron chi connectivity index (χ0n) is 16.2. The van der Waals surface area contributed by atoms with E-state index in [0.717, 1.165) is 17.7 Å². The molecule has 1 aliphatic heterocycles. The number of ether oxygens (including phenoxy) is 4. The summed E-state index contributed by atoms with van der Waals surface area (Å²) in [5.41, 5.74) is 1.71. The van der Waals surface area contributed by atoms with Gasteiger partial charge in [0, 0.05) is 5.56 Å². The van der Waals surface area contributed by atoms with Gasteiger partial charge < -0.3 is 18.9 Å². The first kappa shape index (κ1) is 19.5. The van der Waals surface area contributed by atoms with Crippen LogP contribution in [0.1, 0.15) is 31.4 Å². The van der Waals surface area contributed by atoms with Crippen molar-refractivity contribution in [3.8, 4) is 17.2 Å². The van der Waals surface area contributed by atoms with E-state index in [2.05, 4.69) is 11.9 Å². The number of rotatable bonds is 8. The smallest absolute Gasteiger partial charge is 0.363 e. The highest BCUT2D eigenvalue weighted by atomic mass is 16.6. The van der Waals surface area contributed by atoms with E-state index in [1.807, 2.05) is 37.3 Å². The summed E-state index contributed by atoms with van der Waals surface area (Å²) in [5.74, 6) is 1.79. The number of methoxy groups -OCH3 is 1. The second-order valence-electron chi connectivity index (χ2n) is 6.05. The van der Waals surface area contributed by atoms with E-state index in [4.69, 9.17) is 18.9 Å². The fraction of sp³-hybridized carbons (Fsp3) is 0.273. The first-order valence-electron chi connectivity index (χ1n) is 9.21. The minimum absolute atomic E-state index is 0.229. The van der Waals surface area contributed by atoms with Crippen molar-refractivity contribution in [2.45, 2.75) is 20.3 Å². The van der Waals surface area contributed by atoms with Crippen molar-refractivity contribution in [2.75, 3.05) is 20.3 Å². The van der Waals surface area contributed by atoms with Crippen molar-refractivity contribution in [3.05, 3.63) is 59.3 Å². The second-order valence-corrected chi connectivity index (χ2v) is 6.05. The van der Waals surface area contributed by atoms with E-state index in [1.54, 1.807) is 25.3 Å². The molecule has 0 radical (unpaired) electrons. The molecule has 0 saturated heterocycles. The molecule has 0 unspecified atom stereocenters. The maximum atomic E-state index is 12.2. The Kier molecular flexibility index (Phi) is 6.32. The molecule has 3 rings (SSSR count). The van der Waals surface area contributed by atoms with Gasteiger partial charge in [-0.1, -0.05) is 13.0 Å². The van der Waals surface area contributed by atoms with Crippen LogP contribution in [0.4, 0.5) is 0 Å². The van der Waals surface area contributed by atoms with Crippen LogP contribution in [0.5, 0.6) is 17.2 Å². The summed E-state index contributed by atoms with van der Waals surface area (Å²) in [6, 6.07) is 12.7. The van der Waals surface area contributed by atoms with Crippen molar-refractivity contribution in [2.24, 2.45) is 4.99 Å². The summed E-state index contributed by atoms with van der Waals surface area (Å²) < 4.78 is 21.7. The fourth-order valence-corrected chi connectivity index (χ4v) is 2.65. The third-order valence-corrected chi connectivity index (χ3v) is 3.99. The number of esters is 1. The number of benzene rings is 2. The Morgan fingerprint density at radius 2 is 1.82 bits per heavy atom. The lowest BCUT2D eigenvalue weighted by Gasteiger charge is -2.09. The third kappa shape index (κ3) is 4.52. The van der Waals surface area contributed by atoms with Gasteiger partial charge in [0.15, 0.2) is 17.2 Å². The maximum absolute atomic E-state index is 12.2. The van der Waals surface area contributed by atoms with E-state index < -0.39 is 5.97 Å². The van der Waals surface area contributed by atoms with Gasteiger partial charge in [0.1, 0.15) is 5.75 Å². The van der Waals surface area contributed by atoms with Crippen LogP contribution in [0.3, 0.4) is 0 Å². The molecule has 0 aromatic heterocycles. The summed E-state index contributed by atoms with van der Waals surface area (Å²) in [5, 5.41) is 0. The van der Waals surface area contributed by atoms with Crippen molar-refractivity contribution in [1.29, 1.82) is 0 Å². The van der Waals surface area contributed by atoms with Crippen LogP contribution in [0.25, 0.3) is 6.08 Å². The Hall–Kier alpha value is -3.28. The normalized spacial score (nSPS) is 14.6. The van der Waals surface area contributed by atoms with Crippen LogP contribution < -0.4 is 14.2 Å². The van der Waals surface area contributed by atoms with Crippen molar-refractivity contribution >= 4 is 17.9 Å². The van der Waals surface area contributed by atoms with E-state index in [1.165, 1.54) is 0 Å². The van der Waals surface area contributed by atoms with Crippen LogP contribution >= 0.6 is 0 Å². The van der Waals surface area contributed by atoms with Crippen LogP contribution in [0.15, 0.2) is 53.2 Å². The summed E-state index contributed by atoms with van der Waals surface area (Å²) in [6.07, 6.45) is 2.60. The lowest BCUT2D eigenvalue weighted by Crippen LogP contribution is -2.05. The number of nitrogens with zero attached hydrogens (tertiary/aromatic N) is 1. The highest BCUT2D eigenvalue weighted by Gasteiger charge is 2.24. The number of hydrogen-bond acceptors (Lipinski definition) is 6. The highest BCUT2D eigenvalue weighted by Crippen LogP contribution is 2.29. The molecule has 0 N–H and O–H groups in total. The summed E-state index contributed by atoms with van der Waals surface area (Å²) in [6.45, 7) is 5.16. The molecule has 0 aliphatic carbocycles. The number of carbonyl (C=O) groups is 1. The predicted octanol–water partition coefficient (Wildman–Crippen LogP) is 4.23. The van der Waals surface area contributed by atoms with Crippen LogP contribution in [-0.4, -0.2) is 32.2 Å². The molecule has 6 heteroatoms. The van der Waals surface area contributed by atoms with Crippen molar-refractivity contribution < 1.29 is 23.7 Å². The Labute approximate surface area is 164 Å². The van der Waals surface area contributed by atoms with Crippen LogP contribution in [0.2, 0.25) is 0 Å². The van der Waals surface area contributed by atoms with Crippen molar-refractivity contribution in [3.63, 3.8) is 0 Å². The molecule has 28 heavy (non-hydrogen) atoms. The molecule has 0 bridgehead atoms. The molecule has 2 aromatic carbocycles. The summed E-state index contributed by atoms with van der Waals surface area (Å²) in [4.78, 5) is 16.5. The Morgan fingerprint density at radius 3 is 2.50 bits per heavy atom. The second kappa shape index (κ2) is 9.08. The van der Waals surface area contributed by atoms with E-state index in [0.29, 0.717) is 30.3 Å². The van der Waals surface area contributed by atoms with Gasteiger partial charge in [0.05, 0.1) is 20.3 Å². The molecule has 6 nitrogen and oxygen atoms in total. The summed E-state index contributed by atoms with van der Waals surface area (Å²) >= 11 is 0. The average molecular weight is 381 g/mol. The minimum atomic E-state index is -0.492. The first-order valence-corrected chi connectivity index (χ1v) is 9.21. The highest BCUT2D eigenvalue weighted by molar-refractivity contribution is 6.12. The number of hydrogen-bond donors (Lipinski definition) is 0. The number of aliphatic imine (C=N–C) groups is 1. The molecule has 0 spiro atoms. The van der Waals surface area contributed by atoms with E-state index in [9.17, 15) is 4.79 Å². The number of cyclic esters (lactones) is 1. The van der Waals surface area contributed by atoms with Gasteiger partial charge in [-0.05, 0) is 61.4 Å². The molecule has 0 amide bonds. The van der Waals surface area contributed by atoms with Crippen LogP contribution in [0, 0.1) is 0 Å². The predicted molar refractivity (Wildman–Crippen MR) is 107 cm³/mol. The minimum Gasteiger partial charge on any atom is -0.494 e. The number of carbonyl (C=O) groups excluding carboxylic acids is 1. The van der Waals surface area contributed by atoms with Gasteiger partial charge in [-0.25, -0.2) is 9.79 Å². The standard InChI is InChI=1S/C22H23NO5/c1-4-12-27-17-9-7-16(8-10-17)21-23-18(22(24)28-21)13-15-6-11-19(26-5-2)20(14-15)25-3/h6-11,13-14H,4-5,12H2,1-3H3/b18-13+. The topological polar surface area (TPSA) is 66.3 Å². The Morgan fingerprint density at radius 1 is 1.04 bits per heavy atom. The molecule has 1 heterocycles. The van der Waals surface area contributed by atoms with Crippen LogP contribution in [-0.2, 0) is 9.53 Å². The Bertz CT molecular complexity index is 900. The lowest BCUT2D eigenvalue weighted by molar-refractivity contribution is -0.129. The maximum Gasteiger partial charge on any atom is 0.363 e. The molecular weight excluding hydrogens is 358 g/mol. The summed E-state index contributed by atoms with van der Waals surface area (Å²) in [7, 11) is 1.57. The Balaban J connectivity index is 1.81. The molecule has 1 aliphatic rings. The van der Waals surface area contributed by atoms with Gasteiger partial charge in [-0.2, -0.15) is 0 Å². The third-order valence-electron chi connectivity index (χ3n) is 3.99. The van der Waals surface area contributed by atoms with E-state index >= 15 is 0 Å². The zero-order chi connectivity index (χ0) is 19.9. The fourth-order valence-electron chi connectivity index (χ4n) is 2.65. The van der Waals surface area contributed by atoms with Gasteiger partial charge in [0.2, 0.25) is 5.90 Å².